The Labute approximate surface area is 133 Å². The van der Waals surface area contributed by atoms with E-state index in [1.807, 2.05) is 25.1 Å². The number of carbonyl (C=O) groups is 2. The Balaban J connectivity index is 0.00000361. The van der Waals surface area contributed by atoms with Gasteiger partial charge in [0, 0.05) is 30.2 Å². The van der Waals surface area contributed by atoms with Crippen molar-refractivity contribution in [3.05, 3.63) is 28.2 Å². The molecule has 0 unspecified atom stereocenters. The van der Waals surface area contributed by atoms with E-state index in [0.29, 0.717) is 0 Å². The molecule has 0 aliphatic heterocycles. The molecule has 2 amide bonds. The number of rotatable bonds is 5. The van der Waals surface area contributed by atoms with Crippen LogP contribution in [0.4, 0.5) is 5.69 Å². The van der Waals surface area contributed by atoms with Crippen LogP contribution < -0.4 is 11.1 Å². The molecule has 0 saturated carbocycles. The number of aryl methyl sites for hydroxylation is 1. The lowest BCUT2D eigenvalue weighted by molar-refractivity contribution is -0.133. The molecule has 1 rings (SSSR count). The zero-order chi connectivity index (χ0) is 14.4. The minimum atomic E-state index is -0.224. The number of likely N-dealkylation sites (N-methyl/N-ethyl adjacent to an activating group) is 1. The number of hydrogen-bond donors (Lipinski definition) is 2. The Morgan fingerprint density at radius 2 is 2.05 bits per heavy atom. The number of benzene rings is 1. The molecule has 20 heavy (non-hydrogen) atoms. The van der Waals surface area contributed by atoms with E-state index >= 15 is 0 Å². The molecular formula is C13H19BrClN3O2. The first kappa shape index (κ1) is 18.9. The molecule has 1 aromatic carbocycles. The fourth-order valence-electron chi connectivity index (χ4n) is 1.57. The lowest BCUT2D eigenvalue weighted by atomic mass is 10.2. The smallest absolute Gasteiger partial charge is 0.243 e. The highest BCUT2D eigenvalue weighted by molar-refractivity contribution is 9.10. The van der Waals surface area contributed by atoms with Gasteiger partial charge < -0.3 is 16.0 Å². The first-order chi connectivity index (χ1) is 8.93. The predicted molar refractivity (Wildman–Crippen MR) is 86.1 cm³/mol. The van der Waals surface area contributed by atoms with Gasteiger partial charge in [0.05, 0.1) is 6.54 Å². The van der Waals surface area contributed by atoms with Crippen LogP contribution in [0, 0.1) is 6.92 Å². The van der Waals surface area contributed by atoms with E-state index in [1.165, 1.54) is 4.90 Å². The Bertz CT molecular complexity index is 483. The maximum atomic E-state index is 11.8. The van der Waals surface area contributed by atoms with E-state index in [4.69, 9.17) is 5.73 Å². The van der Waals surface area contributed by atoms with Crippen molar-refractivity contribution >= 4 is 45.8 Å². The number of hydrogen-bond acceptors (Lipinski definition) is 3. The van der Waals surface area contributed by atoms with Crippen molar-refractivity contribution in [2.75, 3.05) is 25.5 Å². The molecule has 1 aromatic rings. The van der Waals surface area contributed by atoms with Gasteiger partial charge in [-0.3, -0.25) is 9.59 Å². The molecule has 3 N–H and O–H groups in total. The van der Waals surface area contributed by atoms with E-state index in [9.17, 15) is 9.59 Å². The number of halogens is 2. The summed E-state index contributed by atoms with van der Waals surface area (Å²) in [4.78, 5) is 24.7. The largest absolute Gasteiger partial charge is 0.336 e. The van der Waals surface area contributed by atoms with Crippen molar-refractivity contribution in [3.63, 3.8) is 0 Å². The molecule has 0 aliphatic carbocycles. The highest BCUT2D eigenvalue weighted by Gasteiger charge is 2.12. The fourth-order valence-corrected chi connectivity index (χ4v) is 2.05. The molecule has 5 nitrogen and oxygen atoms in total. The quantitative estimate of drug-likeness (QED) is 0.838. The molecule has 0 spiro atoms. The van der Waals surface area contributed by atoms with Crippen LogP contribution in [0.3, 0.4) is 0 Å². The van der Waals surface area contributed by atoms with E-state index in [0.717, 1.165) is 15.7 Å². The van der Waals surface area contributed by atoms with Crippen LogP contribution in [0.2, 0.25) is 0 Å². The molecule has 0 heterocycles. The van der Waals surface area contributed by atoms with Gasteiger partial charge >= 0.3 is 0 Å². The van der Waals surface area contributed by atoms with Crippen molar-refractivity contribution in [3.8, 4) is 0 Å². The first-order valence-electron chi connectivity index (χ1n) is 5.94. The second-order valence-electron chi connectivity index (χ2n) is 4.30. The van der Waals surface area contributed by atoms with Gasteiger partial charge in [-0.05, 0) is 30.7 Å². The second-order valence-corrected chi connectivity index (χ2v) is 5.21. The van der Waals surface area contributed by atoms with Gasteiger partial charge in [0.2, 0.25) is 11.8 Å². The first-order valence-corrected chi connectivity index (χ1v) is 6.73. The molecule has 0 aromatic heterocycles. The molecule has 0 atom stereocenters. The lowest BCUT2D eigenvalue weighted by Crippen LogP contribution is -2.35. The molecule has 0 radical (unpaired) electrons. The number of nitrogens with one attached hydrogen (secondary N) is 1. The third kappa shape index (κ3) is 5.90. The van der Waals surface area contributed by atoms with Crippen LogP contribution in [-0.2, 0) is 9.59 Å². The van der Waals surface area contributed by atoms with Crippen LogP contribution in [0.25, 0.3) is 0 Å². The van der Waals surface area contributed by atoms with Crippen LogP contribution >= 0.6 is 28.3 Å². The number of nitrogens with two attached hydrogens (primary N) is 1. The van der Waals surface area contributed by atoms with Gasteiger partial charge in [-0.2, -0.15) is 0 Å². The van der Waals surface area contributed by atoms with E-state index in [-0.39, 0.29) is 43.7 Å². The summed E-state index contributed by atoms with van der Waals surface area (Å²) in [5.74, 6) is -0.358. The minimum Gasteiger partial charge on any atom is -0.336 e. The molecule has 7 heteroatoms. The van der Waals surface area contributed by atoms with Gasteiger partial charge in [0.25, 0.3) is 0 Å². The molecule has 112 valence electrons. The summed E-state index contributed by atoms with van der Waals surface area (Å²) >= 11 is 3.36. The lowest BCUT2D eigenvalue weighted by Gasteiger charge is -2.17. The molecular weight excluding hydrogens is 346 g/mol. The highest BCUT2D eigenvalue weighted by Crippen LogP contribution is 2.19. The third-order valence-electron chi connectivity index (χ3n) is 2.63. The van der Waals surface area contributed by atoms with Crippen LogP contribution in [0.1, 0.15) is 12.0 Å². The van der Waals surface area contributed by atoms with Crippen LogP contribution in [-0.4, -0.2) is 36.9 Å². The van der Waals surface area contributed by atoms with Gasteiger partial charge in [0.1, 0.15) is 0 Å². The average molecular weight is 365 g/mol. The zero-order valence-electron chi connectivity index (χ0n) is 11.5. The summed E-state index contributed by atoms with van der Waals surface area (Å²) in [6.07, 6.45) is 0.251. The fraction of sp³-hybridized carbons (Fsp3) is 0.385. The Kier molecular flexibility index (Phi) is 8.45. The normalized spacial score (nSPS) is 9.60. The summed E-state index contributed by atoms with van der Waals surface area (Å²) in [5, 5.41) is 2.78. The van der Waals surface area contributed by atoms with Crippen molar-refractivity contribution in [1.82, 2.24) is 4.90 Å². The van der Waals surface area contributed by atoms with Gasteiger partial charge in [-0.15, -0.1) is 12.4 Å². The third-order valence-corrected chi connectivity index (χ3v) is 3.12. The average Bonchev–Trinajstić information content (AvgIpc) is 2.33. The second kappa shape index (κ2) is 8.94. The number of anilines is 1. The van der Waals surface area contributed by atoms with Crippen molar-refractivity contribution in [1.29, 1.82) is 0 Å². The maximum Gasteiger partial charge on any atom is 0.243 e. The van der Waals surface area contributed by atoms with Crippen molar-refractivity contribution < 1.29 is 9.59 Å². The van der Waals surface area contributed by atoms with Crippen LogP contribution in [0.15, 0.2) is 22.7 Å². The molecule has 0 fully saturated rings. The van der Waals surface area contributed by atoms with E-state index in [2.05, 4.69) is 21.2 Å². The number of nitrogens with zero attached hydrogens (tertiary/aromatic N) is 1. The number of amides is 2. The van der Waals surface area contributed by atoms with Crippen molar-refractivity contribution in [2.24, 2.45) is 5.73 Å². The summed E-state index contributed by atoms with van der Waals surface area (Å²) in [6, 6.07) is 5.59. The number of carbonyl (C=O) groups excluding carboxylic acids is 2. The summed E-state index contributed by atoms with van der Waals surface area (Å²) < 4.78 is 0.957. The minimum absolute atomic E-state index is 0. The zero-order valence-corrected chi connectivity index (χ0v) is 13.9. The highest BCUT2D eigenvalue weighted by atomic mass is 79.9. The maximum absolute atomic E-state index is 11.8. The van der Waals surface area contributed by atoms with Gasteiger partial charge in [-0.25, -0.2) is 0 Å². The SMILES string of the molecule is Cc1cc(Br)ccc1NC(=O)CN(C)C(=O)CCN.Cl. The van der Waals surface area contributed by atoms with E-state index < -0.39 is 0 Å². The summed E-state index contributed by atoms with van der Waals surface area (Å²) in [5.41, 5.74) is 7.00. The summed E-state index contributed by atoms with van der Waals surface area (Å²) in [7, 11) is 1.59. The van der Waals surface area contributed by atoms with Crippen molar-refractivity contribution in [2.45, 2.75) is 13.3 Å². The molecule has 0 saturated heterocycles. The monoisotopic (exact) mass is 363 g/mol. The van der Waals surface area contributed by atoms with Crippen LogP contribution in [0.5, 0.6) is 0 Å². The summed E-state index contributed by atoms with van der Waals surface area (Å²) in [6.45, 7) is 2.22. The van der Waals surface area contributed by atoms with Gasteiger partial charge in [0.15, 0.2) is 0 Å². The van der Waals surface area contributed by atoms with Gasteiger partial charge in [-0.1, -0.05) is 15.9 Å². The molecule has 0 bridgehead atoms. The Morgan fingerprint density at radius 3 is 2.60 bits per heavy atom. The topological polar surface area (TPSA) is 75.4 Å². The Morgan fingerprint density at radius 1 is 1.40 bits per heavy atom. The predicted octanol–water partition coefficient (Wildman–Crippen LogP) is 1.93. The standard InChI is InChI=1S/C13H18BrN3O2.ClH/c1-9-7-10(14)3-4-11(9)16-12(18)8-17(2)13(19)5-6-15;/h3-4,7H,5-6,8,15H2,1-2H3,(H,16,18);1H. The van der Waals surface area contributed by atoms with E-state index in [1.54, 1.807) is 7.05 Å². The Hall–Kier alpha value is -1.11. The molecule has 0 aliphatic rings.